The molecule has 0 bridgehead atoms. The second-order valence-electron chi connectivity index (χ2n) is 8.79. The number of carbonyl (C=O) groups is 3. The number of alkyl halides is 2. The van der Waals surface area contributed by atoms with E-state index < -0.39 is 48.6 Å². The van der Waals surface area contributed by atoms with Crippen molar-refractivity contribution < 1.29 is 23.2 Å². The minimum absolute atomic E-state index is 0.215. The number of rotatable bonds is 8. The molecule has 0 saturated carbocycles. The number of nitrogens with two attached hydrogens (primary N) is 2. The second-order valence-corrected chi connectivity index (χ2v) is 9.20. The first-order valence-electron chi connectivity index (χ1n) is 11.3. The van der Waals surface area contributed by atoms with Crippen LogP contribution >= 0.6 is 11.6 Å². The molecule has 1 fully saturated rings. The number of likely N-dealkylation sites (tertiary alicyclic amines) is 1. The van der Waals surface area contributed by atoms with Crippen LogP contribution in [0.2, 0.25) is 5.02 Å². The summed E-state index contributed by atoms with van der Waals surface area (Å²) in [7, 11) is 0. The summed E-state index contributed by atoms with van der Waals surface area (Å²) in [5.41, 5.74) is 13.5. The van der Waals surface area contributed by atoms with E-state index in [1.54, 1.807) is 18.2 Å². The van der Waals surface area contributed by atoms with Crippen molar-refractivity contribution in [1.29, 1.82) is 0 Å². The van der Waals surface area contributed by atoms with Gasteiger partial charge in [-0.25, -0.2) is 8.78 Å². The average molecular weight is 512 g/mol. The monoisotopic (exact) mass is 511 g/mol. The zero-order valence-corrected chi connectivity index (χ0v) is 19.9. The van der Waals surface area contributed by atoms with Gasteiger partial charge >= 0.3 is 0 Å². The number of benzene rings is 3. The first kappa shape index (κ1) is 25.3. The van der Waals surface area contributed by atoms with Crippen molar-refractivity contribution in [1.82, 2.24) is 4.90 Å². The zero-order chi connectivity index (χ0) is 26.0. The molecule has 1 aliphatic heterocycles. The molecule has 0 radical (unpaired) electrons. The Kier molecular flexibility index (Phi) is 7.08. The molecule has 0 spiro atoms. The van der Waals surface area contributed by atoms with E-state index in [9.17, 15) is 23.2 Å². The summed E-state index contributed by atoms with van der Waals surface area (Å²) in [6.07, 6.45) is -0.442. The smallest absolute Gasteiger partial charge is 0.294 e. The second kappa shape index (κ2) is 10.1. The van der Waals surface area contributed by atoms with Gasteiger partial charge in [-0.3, -0.25) is 14.4 Å². The summed E-state index contributed by atoms with van der Waals surface area (Å²) < 4.78 is 27.8. The number of hydrogen-bond donors (Lipinski definition) is 2. The lowest BCUT2D eigenvalue weighted by Gasteiger charge is -2.46. The Bertz CT molecular complexity index is 1250. The van der Waals surface area contributed by atoms with E-state index in [2.05, 4.69) is 0 Å². The number of halogens is 3. The summed E-state index contributed by atoms with van der Waals surface area (Å²) in [5, 5.41) is 0.327. The largest absolute Gasteiger partial charge is 0.370 e. The SMILES string of the molecule is NC(=O)C[C@@H](C(=O)N1CC(F)(F)C1C(N)=O)c1ccc(C(c2ccccc2)c2ccccc2)c(Cl)c1. The quantitative estimate of drug-likeness (QED) is 0.449. The lowest BCUT2D eigenvalue weighted by atomic mass is 9.83. The van der Waals surface area contributed by atoms with E-state index in [-0.39, 0.29) is 5.92 Å². The van der Waals surface area contributed by atoms with Crippen LogP contribution in [0, 0.1) is 0 Å². The van der Waals surface area contributed by atoms with Crippen molar-refractivity contribution >= 4 is 29.3 Å². The minimum atomic E-state index is -3.43. The maximum Gasteiger partial charge on any atom is 0.294 e. The molecule has 3 amide bonds. The molecule has 1 heterocycles. The minimum Gasteiger partial charge on any atom is -0.370 e. The van der Waals surface area contributed by atoms with Crippen molar-refractivity contribution in [3.8, 4) is 0 Å². The lowest BCUT2D eigenvalue weighted by Crippen LogP contribution is -2.71. The van der Waals surface area contributed by atoms with E-state index in [1.165, 1.54) is 0 Å². The van der Waals surface area contributed by atoms with E-state index in [1.807, 2.05) is 60.7 Å². The predicted molar refractivity (Wildman–Crippen MR) is 131 cm³/mol. The third kappa shape index (κ3) is 4.95. The zero-order valence-electron chi connectivity index (χ0n) is 19.1. The van der Waals surface area contributed by atoms with Gasteiger partial charge < -0.3 is 16.4 Å². The highest BCUT2D eigenvalue weighted by Crippen LogP contribution is 2.40. The number of primary amides is 2. The van der Waals surface area contributed by atoms with Crippen LogP contribution in [0.5, 0.6) is 0 Å². The number of hydrogen-bond acceptors (Lipinski definition) is 3. The topological polar surface area (TPSA) is 106 Å². The fourth-order valence-corrected chi connectivity index (χ4v) is 4.97. The van der Waals surface area contributed by atoms with E-state index >= 15 is 0 Å². The van der Waals surface area contributed by atoms with Gasteiger partial charge in [-0.2, -0.15) is 0 Å². The first-order chi connectivity index (χ1) is 17.1. The maximum atomic E-state index is 13.9. The highest BCUT2D eigenvalue weighted by molar-refractivity contribution is 6.31. The fourth-order valence-electron chi connectivity index (χ4n) is 4.67. The summed E-state index contributed by atoms with van der Waals surface area (Å²) in [6, 6.07) is 22.3. The van der Waals surface area contributed by atoms with Crippen LogP contribution in [0.1, 0.15) is 40.5 Å². The van der Waals surface area contributed by atoms with E-state index in [4.69, 9.17) is 23.1 Å². The Hall–Kier alpha value is -3.78. The Morgan fingerprint density at radius 3 is 1.92 bits per heavy atom. The molecule has 6 nitrogen and oxygen atoms in total. The molecular weight excluding hydrogens is 488 g/mol. The molecule has 0 aromatic heterocycles. The molecule has 4 rings (SSSR count). The van der Waals surface area contributed by atoms with Crippen molar-refractivity contribution in [3.63, 3.8) is 0 Å². The number of amides is 3. The molecule has 3 aromatic rings. The summed E-state index contributed by atoms with van der Waals surface area (Å²) in [6.45, 7) is -0.968. The summed E-state index contributed by atoms with van der Waals surface area (Å²) >= 11 is 6.73. The molecule has 4 N–H and O–H groups in total. The van der Waals surface area contributed by atoms with Gasteiger partial charge in [0.25, 0.3) is 5.92 Å². The molecule has 2 atom stereocenters. The van der Waals surface area contributed by atoms with Crippen LogP contribution in [-0.2, 0) is 14.4 Å². The van der Waals surface area contributed by atoms with Gasteiger partial charge in [-0.1, -0.05) is 84.4 Å². The van der Waals surface area contributed by atoms with Crippen LogP contribution in [-0.4, -0.2) is 41.1 Å². The molecule has 36 heavy (non-hydrogen) atoms. The van der Waals surface area contributed by atoms with Crippen molar-refractivity contribution in [3.05, 3.63) is 106 Å². The lowest BCUT2D eigenvalue weighted by molar-refractivity contribution is -0.197. The van der Waals surface area contributed by atoms with Gasteiger partial charge in [0.05, 0.1) is 12.5 Å². The van der Waals surface area contributed by atoms with Gasteiger partial charge in [0.1, 0.15) is 0 Å². The Morgan fingerprint density at radius 2 is 1.47 bits per heavy atom. The molecule has 9 heteroatoms. The highest BCUT2D eigenvalue weighted by Gasteiger charge is 2.60. The molecule has 186 valence electrons. The molecule has 1 aliphatic rings. The van der Waals surface area contributed by atoms with Crippen molar-refractivity contribution in [2.45, 2.75) is 30.2 Å². The molecule has 0 aliphatic carbocycles. The van der Waals surface area contributed by atoms with Gasteiger partial charge in [-0.15, -0.1) is 0 Å². The van der Waals surface area contributed by atoms with Crippen LogP contribution in [0.3, 0.4) is 0 Å². The van der Waals surface area contributed by atoms with Crippen LogP contribution in [0.25, 0.3) is 0 Å². The Morgan fingerprint density at radius 1 is 0.917 bits per heavy atom. The van der Waals surface area contributed by atoms with E-state index in [0.717, 1.165) is 16.7 Å². The number of carbonyl (C=O) groups excluding carboxylic acids is 3. The van der Waals surface area contributed by atoms with Crippen LogP contribution < -0.4 is 11.5 Å². The predicted octanol–water partition coefficient (Wildman–Crippen LogP) is 3.81. The van der Waals surface area contributed by atoms with E-state index in [0.29, 0.717) is 15.5 Å². The third-order valence-corrected chi connectivity index (χ3v) is 6.68. The fraction of sp³-hybridized carbons (Fsp3) is 0.222. The Labute approximate surface area is 211 Å². The van der Waals surface area contributed by atoms with Crippen LogP contribution in [0.15, 0.2) is 78.9 Å². The summed E-state index contributed by atoms with van der Waals surface area (Å²) in [4.78, 5) is 37.2. The average Bonchev–Trinajstić information content (AvgIpc) is 2.83. The highest BCUT2D eigenvalue weighted by atomic mass is 35.5. The standard InChI is InChI=1S/C27H24ClF2N3O3/c28-21-13-18(20(14-22(31)34)26(36)33-15-27(29,30)24(33)25(32)35)11-12-19(21)23(16-7-3-1-4-8-16)17-9-5-2-6-10-17/h1-13,20,23-24H,14-15H2,(H2,31,34)(H2,32,35)/t20-,24?/m1/s1. The third-order valence-electron chi connectivity index (χ3n) is 6.35. The van der Waals surface area contributed by atoms with Gasteiger partial charge in [0.15, 0.2) is 6.04 Å². The summed E-state index contributed by atoms with van der Waals surface area (Å²) in [5.74, 6) is -7.80. The Balaban J connectivity index is 1.72. The van der Waals surface area contributed by atoms with Crippen LogP contribution in [0.4, 0.5) is 8.78 Å². The van der Waals surface area contributed by atoms with Crippen molar-refractivity contribution in [2.24, 2.45) is 11.5 Å². The van der Waals surface area contributed by atoms with Gasteiger partial charge in [0.2, 0.25) is 17.7 Å². The number of nitrogens with zero attached hydrogens (tertiary/aromatic N) is 1. The molecule has 1 unspecified atom stereocenters. The van der Waals surface area contributed by atoms with Crippen molar-refractivity contribution in [2.75, 3.05) is 6.54 Å². The maximum absolute atomic E-state index is 13.9. The molecule has 3 aromatic carbocycles. The normalized spacial score (nSPS) is 17.3. The van der Waals surface area contributed by atoms with Gasteiger partial charge in [-0.05, 0) is 28.3 Å². The van der Waals surface area contributed by atoms with Gasteiger partial charge in [0, 0.05) is 17.4 Å². The first-order valence-corrected chi connectivity index (χ1v) is 11.6. The molecule has 1 saturated heterocycles. The molecular formula is C27H24ClF2N3O3.